The minimum atomic E-state index is -0.128. The number of nitrogens with one attached hydrogen (secondary N) is 1. The van der Waals surface area contributed by atoms with Crippen molar-refractivity contribution in [2.75, 3.05) is 12.3 Å². The van der Waals surface area contributed by atoms with Gasteiger partial charge in [-0.25, -0.2) is 0 Å². The van der Waals surface area contributed by atoms with Gasteiger partial charge in [-0.2, -0.15) is 5.10 Å². The van der Waals surface area contributed by atoms with Gasteiger partial charge in [-0.1, -0.05) is 20.8 Å². The second-order valence-corrected chi connectivity index (χ2v) is 7.50. The Morgan fingerprint density at radius 3 is 2.57 bits per heavy atom. The van der Waals surface area contributed by atoms with Crippen LogP contribution in [0.2, 0.25) is 0 Å². The smallest absolute Gasteiger partial charge is 0.263 e. The lowest BCUT2D eigenvalue weighted by molar-refractivity contribution is 0.0954. The lowest BCUT2D eigenvalue weighted by Gasteiger charge is -2.17. The van der Waals surface area contributed by atoms with Crippen LogP contribution in [0, 0.1) is 19.3 Å². The number of carbonyl (C=O) groups is 1. The summed E-state index contributed by atoms with van der Waals surface area (Å²) in [6.45, 7) is 10.9. The molecular formula is C15H22N4OS. The molecule has 0 aliphatic heterocycles. The molecule has 0 radical (unpaired) electrons. The van der Waals surface area contributed by atoms with Crippen LogP contribution in [0.4, 0.5) is 5.69 Å². The number of anilines is 1. The van der Waals surface area contributed by atoms with E-state index in [-0.39, 0.29) is 11.3 Å². The number of thiophene rings is 1. The zero-order chi connectivity index (χ0) is 15.8. The maximum Gasteiger partial charge on any atom is 0.263 e. The van der Waals surface area contributed by atoms with Crippen molar-refractivity contribution in [2.24, 2.45) is 5.41 Å². The van der Waals surface area contributed by atoms with E-state index in [1.165, 1.54) is 11.3 Å². The maximum atomic E-state index is 12.3. The first kappa shape index (κ1) is 15.7. The summed E-state index contributed by atoms with van der Waals surface area (Å²) in [4.78, 5) is 13.5. The third-order valence-corrected chi connectivity index (χ3v) is 4.59. The average Bonchev–Trinajstić information content (AvgIpc) is 2.70. The van der Waals surface area contributed by atoms with Gasteiger partial charge in [-0.3, -0.25) is 4.79 Å². The normalized spacial score (nSPS) is 11.9. The number of nitrogens with zero attached hydrogens (tertiary/aromatic N) is 2. The highest BCUT2D eigenvalue weighted by Crippen LogP contribution is 2.34. The van der Waals surface area contributed by atoms with Gasteiger partial charge in [0.15, 0.2) is 0 Å². The Morgan fingerprint density at radius 1 is 1.29 bits per heavy atom. The SMILES string of the molecule is Cc1nnc2sc(C(=O)NCCC(C)(C)C)c(N)c2c1C. The van der Waals surface area contributed by atoms with Gasteiger partial charge in [0, 0.05) is 11.9 Å². The molecule has 0 atom stereocenters. The molecular weight excluding hydrogens is 284 g/mol. The van der Waals surface area contributed by atoms with Crippen molar-refractivity contribution >= 4 is 33.1 Å². The van der Waals surface area contributed by atoms with Crippen molar-refractivity contribution in [2.45, 2.75) is 41.0 Å². The molecule has 0 bridgehead atoms. The fourth-order valence-electron chi connectivity index (χ4n) is 2.04. The molecule has 5 nitrogen and oxygen atoms in total. The highest BCUT2D eigenvalue weighted by atomic mass is 32.1. The monoisotopic (exact) mass is 306 g/mol. The van der Waals surface area contributed by atoms with Crippen LogP contribution >= 0.6 is 11.3 Å². The molecule has 21 heavy (non-hydrogen) atoms. The summed E-state index contributed by atoms with van der Waals surface area (Å²) < 4.78 is 0. The molecule has 0 aliphatic rings. The average molecular weight is 306 g/mol. The van der Waals surface area contributed by atoms with E-state index >= 15 is 0 Å². The van der Waals surface area contributed by atoms with E-state index in [0.29, 0.717) is 17.1 Å². The van der Waals surface area contributed by atoms with Crippen molar-refractivity contribution in [3.63, 3.8) is 0 Å². The summed E-state index contributed by atoms with van der Waals surface area (Å²) >= 11 is 1.30. The fraction of sp³-hybridized carbons (Fsp3) is 0.533. The molecule has 0 saturated carbocycles. The number of rotatable bonds is 3. The van der Waals surface area contributed by atoms with Crippen LogP contribution in [-0.4, -0.2) is 22.6 Å². The highest BCUT2D eigenvalue weighted by Gasteiger charge is 2.20. The number of carbonyl (C=O) groups excluding carboxylic acids is 1. The van der Waals surface area contributed by atoms with Gasteiger partial charge in [-0.05, 0) is 31.2 Å². The van der Waals surface area contributed by atoms with Crippen LogP contribution in [0.5, 0.6) is 0 Å². The zero-order valence-electron chi connectivity index (χ0n) is 13.2. The summed E-state index contributed by atoms with van der Waals surface area (Å²) in [6.07, 6.45) is 0.918. The van der Waals surface area contributed by atoms with Gasteiger partial charge in [-0.15, -0.1) is 16.4 Å². The zero-order valence-corrected chi connectivity index (χ0v) is 14.0. The Bertz CT molecular complexity index is 685. The number of hydrogen-bond acceptors (Lipinski definition) is 5. The van der Waals surface area contributed by atoms with Crippen molar-refractivity contribution in [1.82, 2.24) is 15.5 Å². The number of aromatic nitrogens is 2. The van der Waals surface area contributed by atoms with E-state index in [0.717, 1.165) is 27.9 Å². The summed E-state index contributed by atoms with van der Waals surface area (Å²) in [5.41, 5.74) is 8.68. The molecule has 1 amide bonds. The Hall–Kier alpha value is -1.69. The van der Waals surface area contributed by atoms with Gasteiger partial charge < -0.3 is 11.1 Å². The van der Waals surface area contributed by atoms with E-state index in [1.54, 1.807) is 0 Å². The first-order valence-electron chi connectivity index (χ1n) is 7.01. The topological polar surface area (TPSA) is 80.9 Å². The van der Waals surface area contributed by atoms with Gasteiger partial charge in [0.05, 0.1) is 11.4 Å². The van der Waals surface area contributed by atoms with Gasteiger partial charge in [0.25, 0.3) is 5.91 Å². The third-order valence-electron chi connectivity index (χ3n) is 3.50. The molecule has 0 fully saturated rings. The van der Waals surface area contributed by atoms with Crippen LogP contribution in [-0.2, 0) is 0 Å². The highest BCUT2D eigenvalue weighted by molar-refractivity contribution is 7.21. The number of hydrogen-bond donors (Lipinski definition) is 2. The van der Waals surface area contributed by atoms with Crippen molar-refractivity contribution in [3.05, 3.63) is 16.1 Å². The fourth-order valence-corrected chi connectivity index (χ4v) is 3.06. The summed E-state index contributed by atoms with van der Waals surface area (Å²) in [5, 5.41) is 12.0. The molecule has 0 saturated heterocycles. The number of amides is 1. The summed E-state index contributed by atoms with van der Waals surface area (Å²) in [6, 6.07) is 0. The van der Waals surface area contributed by atoms with Crippen LogP contribution in [0.25, 0.3) is 10.2 Å². The molecule has 0 unspecified atom stereocenters. The van der Waals surface area contributed by atoms with E-state index in [9.17, 15) is 4.79 Å². The Kier molecular flexibility index (Phi) is 4.18. The molecule has 0 aliphatic carbocycles. The number of fused-ring (bicyclic) bond motifs is 1. The van der Waals surface area contributed by atoms with Gasteiger partial charge >= 0.3 is 0 Å². The summed E-state index contributed by atoms with van der Waals surface area (Å²) in [5.74, 6) is -0.128. The van der Waals surface area contributed by atoms with Crippen LogP contribution in [0.15, 0.2) is 0 Å². The molecule has 2 aromatic rings. The molecule has 6 heteroatoms. The van der Waals surface area contributed by atoms with Crippen molar-refractivity contribution in [3.8, 4) is 0 Å². The third kappa shape index (κ3) is 3.32. The lowest BCUT2D eigenvalue weighted by atomic mass is 9.92. The Labute approximate surface area is 128 Å². The van der Waals surface area contributed by atoms with E-state index in [2.05, 4.69) is 36.3 Å². The molecule has 2 aromatic heterocycles. The van der Waals surface area contributed by atoms with E-state index in [4.69, 9.17) is 5.73 Å². The van der Waals surface area contributed by atoms with Crippen molar-refractivity contribution < 1.29 is 4.79 Å². The first-order valence-corrected chi connectivity index (χ1v) is 7.82. The number of nitrogens with two attached hydrogens (primary N) is 1. The quantitative estimate of drug-likeness (QED) is 0.913. The van der Waals surface area contributed by atoms with E-state index in [1.807, 2.05) is 13.8 Å². The molecule has 0 spiro atoms. The molecule has 114 valence electrons. The number of nitrogen functional groups attached to an aromatic ring is 1. The predicted molar refractivity (Wildman–Crippen MR) is 87.7 cm³/mol. The largest absolute Gasteiger partial charge is 0.397 e. The van der Waals surface area contributed by atoms with Crippen LogP contribution < -0.4 is 11.1 Å². The molecule has 2 heterocycles. The Balaban J connectivity index is 2.25. The Morgan fingerprint density at radius 2 is 1.95 bits per heavy atom. The van der Waals surface area contributed by atoms with Crippen molar-refractivity contribution in [1.29, 1.82) is 0 Å². The maximum absolute atomic E-state index is 12.3. The summed E-state index contributed by atoms with van der Waals surface area (Å²) in [7, 11) is 0. The lowest BCUT2D eigenvalue weighted by Crippen LogP contribution is -2.27. The number of aryl methyl sites for hydroxylation is 2. The second kappa shape index (κ2) is 5.60. The van der Waals surface area contributed by atoms with Gasteiger partial charge in [0.2, 0.25) is 0 Å². The first-order chi connectivity index (χ1) is 9.70. The molecule has 2 rings (SSSR count). The van der Waals surface area contributed by atoms with Crippen LogP contribution in [0.3, 0.4) is 0 Å². The minimum absolute atomic E-state index is 0.128. The van der Waals surface area contributed by atoms with Gasteiger partial charge in [0.1, 0.15) is 9.71 Å². The minimum Gasteiger partial charge on any atom is -0.397 e. The predicted octanol–water partition coefficient (Wildman–Crippen LogP) is 3.06. The standard InChI is InChI=1S/C15H22N4OS/c1-8-9(2)18-19-14-10(8)11(16)12(21-14)13(20)17-7-6-15(3,4)5/h6-7,16H2,1-5H3,(H,17,20). The van der Waals surface area contributed by atoms with E-state index < -0.39 is 0 Å². The molecule has 3 N–H and O–H groups in total. The second-order valence-electron chi connectivity index (χ2n) is 6.50. The van der Waals surface area contributed by atoms with Crippen LogP contribution in [0.1, 0.15) is 48.1 Å². The molecule has 0 aromatic carbocycles.